The number of ether oxygens (including phenoxy) is 5. The van der Waals surface area contributed by atoms with Gasteiger partial charge in [0.05, 0.1) is 40.6 Å². The molecule has 5 rings (SSSR count). The molecule has 0 radical (unpaired) electrons. The third kappa shape index (κ3) is 5.46. The van der Waals surface area contributed by atoms with E-state index in [4.69, 9.17) is 28.7 Å². The maximum Gasteiger partial charge on any atom is 0.184 e. The predicted molar refractivity (Wildman–Crippen MR) is 150 cm³/mol. The third-order valence-corrected chi connectivity index (χ3v) is 7.54. The van der Waals surface area contributed by atoms with Gasteiger partial charge in [0.2, 0.25) is 0 Å². The molecule has 4 aromatic rings. The standard InChI is InChI=1S/C29H36N6O5/c1-36-21-12-10-19(25(14-21)39-4)16-34(17-20-11-13-22(37-2)15-26(20)40-5)28-27-29(31-18-30-28)35(33-32-27)23-8-6-7-9-24(23)38-3/h10-15,18,23-24H,6-9,16-17H2,1-5H3/t23-,24-/m1/s1. The first-order valence-corrected chi connectivity index (χ1v) is 13.4. The average molecular weight is 549 g/mol. The summed E-state index contributed by atoms with van der Waals surface area (Å²) in [6.45, 7) is 0.955. The molecule has 212 valence electrons. The summed E-state index contributed by atoms with van der Waals surface area (Å²) < 4.78 is 30.0. The van der Waals surface area contributed by atoms with E-state index >= 15 is 0 Å². The zero-order chi connectivity index (χ0) is 28.1. The van der Waals surface area contributed by atoms with Crippen LogP contribution in [0.3, 0.4) is 0 Å². The molecule has 2 aromatic heterocycles. The molecular weight excluding hydrogens is 512 g/mol. The Labute approximate surface area is 234 Å². The first kappa shape index (κ1) is 27.4. The second kappa shape index (κ2) is 12.4. The minimum Gasteiger partial charge on any atom is -0.497 e. The molecule has 0 aliphatic heterocycles. The van der Waals surface area contributed by atoms with E-state index < -0.39 is 0 Å². The fourth-order valence-electron chi connectivity index (χ4n) is 5.42. The number of fused-ring (bicyclic) bond motifs is 1. The molecule has 0 spiro atoms. The maximum absolute atomic E-state index is 5.81. The number of aromatic nitrogens is 5. The molecule has 0 amide bonds. The molecule has 0 saturated heterocycles. The molecule has 1 fully saturated rings. The lowest BCUT2D eigenvalue weighted by Gasteiger charge is -2.30. The zero-order valence-corrected chi connectivity index (χ0v) is 23.7. The number of methoxy groups -OCH3 is 5. The molecule has 2 aromatic carbocycles. The molecule has 1 saturated carbocycles. The van der Waals surface area contributed by atoms with Crippen molar-refractivity contribution in [2.45, 2.75) is 50.9 Å². The Kier molecular flexibility index (Phi) is 8.49. The number of benzene rings is 2. The van der Waals surface area contributed by atoms with Crippen LogP contribution in [0.5, 0.6) is 23.0 Å². The summed E-state index contributed by atoms with van der Waals surface area (Å²) in [6, 6.07) is 11.7. The van der Waals surface area contributed by atoms with E-state index in [-0.39, 0.29) is 12.1 Å². The van der Waals surface area contributed by atoms with Crippen LogP contribution < -0.4 is 23.8 Å². The van der Waals surface area contributed by atoms with Gasteiger partial charge in [0, 0.05) is 43.5 Å². The molecule has 1 aliphatic carbocycles. The lowest BCUT2D eigenvalue weighted by molar-refractivity contribution is 0.0253. The largest absolute Gasteiger partial charge is 0.497 e. The maximum atomic E-state index is 5.81. The van der Waals surface area contributed by atoms with Crippen molar-refractivity contribution in [3.05, 3.63) is 53.9 Å². The van der Waals surface area contributed by atoms with Gasteiger partial charge in [-0.3, -0.25) is 0 Å². The molecule has 0 unspecified atom stereocenters. The van der Waals surface area contributed by atoms with Gasteiger partial charge >= 0.3 is 0 Å². The van der Waals surface area contributed by atoms with Crippen molar-refractivity contribution >= 4 is 17.0 Å². The number of rotatable bonds is 11. The normalized spacial score (nSPS) is 17.0. The van der Waals surface area contributed by atoms with E-state index in [0.717, 1.165) is 48.3 Å². The topological polar surface area (TPSA) is 106 Å². The number of hydrogen-bond acceptors (Lipinski definition) is 10. The van der Waals surface area contributed by atoms with E-state index in [2.05, 4.69) is 20.2 Å². The second-order valence-electron chi connectivity index (χ2n) is 9.74. The van der Waals surface area contributed by atoms with E-state index in [9.17, 15) is 0 Å². The highest BCUT2D eigenvalue weighted by Crippen LogP contribution is 2.35. The van der Waals surface area contributed by atoms with Crippen LogP contribution in [0.15, 0.2) is 42.7 Å². The van der Waals surface area contributed by atoms with Crippen molar-refractivity contribution in [1.29, 1.82) is 0 Å². The monoisotopic (exact) mass is 548 g/mol. The quantitative estimate of drug-likeness (QED) is 0.264. The zero-order valence-electron chi connectivity index (χ0n) is 23.7. The summed E-state index contributed by atoms with van der Waals surface area (Å²) in [4.78, 5) is 11.5. The summed E-state index contributed by atoms with van der Waals surface area (Å²) in [6.07, 6.45) is 5.85. The Bertz CT molecular complexity index is 1390. The van der Waals surface area contributed by atoms with Crippen LogP contribution in [-0.2, 0) is 17.8 Å². The summed E-state index contributed by atoms with van der Waals surface area (Å²) in [5.74, 6) is 3.53. The summed E-state index contributed by atoms with van der Waals surface area (Å²) in [5.41, 5.74) is 3.23. The Morgan fingerprint density at radius 3 is 2.00 bits per heavy atom. The van der Waals surface area contributed by atoms with Gasteiger partial charge in [0.25, 0.3) is 0 Å². The van der Waals surface area contributed by atoms with Crippen molar-refractivity contribution < 1.29 is 23.7 Å². The fourth-order valence-corrected chi connectivity index (χ4v) is 5.42. The molecule has 0 bridgehead atoms. The van der Waals surface area contributed by atoms with Crippen molar-refractivity contribution in [1.82, 2.24) is 25.0 Å². The van der Waals surface area contributed by atoms with Crippen LogP contribution >= 0.6 is 0 Å². The van der Waals surface area contributed by atoms with Gasteiger partial charge in [-0.15, -0.1) is 5.10 Å². The Balaban J connectivity index is 1.59. The molecule has 11 heteroatoms. The third-order valence-electron chi connectivity index (χ3n) is 7.54. The fraction of sp³-hybridized carbons (Fsp3) is 0.448. The highest BCUT2D eigenvalue weighted by Gasteiger charge is 2.30. The van der Waals surface area contributed by atoms with E-state index in [1.807, 2.05) is 41.1 Å². The second-order valence-corrected chi connectivity index (χ2v) is 9.74. The smallest absolute Gasteiger partial charge is 0.184 e. The molecule has 0 N–H and O–H groups in total. The van der Waals surface area contributed by atoms with Crippen LogP contribution in [0, 0.1) is 0 Å². The van der Waals surface area contributed by atoms with Crippen molar-refractivity contribution in [3.8, 4) is 23.0 Å². The Morgan fingerprint density at radius 2 is 1.43 bits per heavy atom. The van der Waals surface area contributed by atoms with Crippen molar-refractivity contribution in [2.75, 3.05) is 40.4 Å². The van der Waals surface area contributed by atoms with Crippen molar-refractivity contribution in [2.24, 2.45) is 0 Å². The Morgan fingerprint density at radius 1 is 0.800 bits per heavy atom. The van der Waals surface area contributed by atoms with Gasteiger partial charge < -0.3 is 28.6 Å². The van der Waals surface area contributed by atoms with E-state index in [0.29, 0.717) is 41.6 Å². The molecule has 2 heterocycles. The lowest BCUT2D eigenvalue weighted by Crippen LogP contribution is -2.30. The number of anilines is 1. The number of nitrogens with zero attached hydrogens (tertiary/aromatic N) is 6. The molecular formula is C29H36N6O5. The first-order valence-electron chi connectivity index (χ1n) is 13.4. The van der Waals surface area contributed by atoms with Gasteiger partial charge in [-0.25, -0.2) is 14.6 Å². The van der Waals surface area contributed by atoms with Crippen LogP contribution in [0.2, 0.25) is 0 Å². The highest BCUT2D eigenvalue weighted by atomic mass is 16.5. The van der Waals surface area contributed by atoms with Gasteiger partial charge in [-0.2, -0.15) is 0 Å². The highest BCUT2D eigenvalue weighted by molar-refractivity contribution is 5.82. The summed E-state index contributed by atoms with van der Waals surface area (Å²) in [5, 5.41) is 9.16. The van der Waals surface area contributed by atoms with Gasteiger partial charge in [-0.05, 0) is 37.1 Å². The number of hydrogen-bond donors (Lipinski definition) is 0. The minimum atomic E-state index is 0.0697. The average Bonchev–Trinajstić information content (AvgIpc) is 3.45. The van der Waals surface area contributed by atoms with Crippen LogP contribution in [0.1, 0.15) is 42.9 Å². The molecule has 2 atom stereocenters. The van der Waals surface area contributed by atoms with Crippen molar-refractivity contribution in [3.63, 3.8) is 0 Å². The lowest BCUT2D eigenvalue weighted by atomic mass is 9.92. The SMILES string of the molecule is COc1ccc(CN(Cc2ccc(OC)cc2OC)c2ncnc3c2nnn3[C@@H]2CCCC[C@H]2OC)c(OC)c1. The predicted octanol–water partition coefficient (Wildman–Crippen LogP) is 4.59. The summed E-state index contributed by atoms with van der Waals surface area (Å²) in [7, 11) is 8.34. The van der Waals surface area contributed by atoms with Gasteiger partial charge in [-0.1, -0.05) is 18.1 Å². The van der Waals surface area contributed by atoms with Crippen LogP contribution in [0.25, 0.3) is 11.2 Å². The van der Waals surface area contributed by atoms with E-state index in [1.165, 1.54) is 0 Å². The van der Waals surface area contributed by atoms with Gasteiger partial charge in [0.15, 0.2) is 17.0 Å². The van der Waals surface area contributed by atoms with Crippen LogP contribution in [0.4, 0.5) is 5.82 Å². The molecule has 40 heavy (non-hydrogen) atoms. The molecule has 1 aliphatic rings. The Hall–Kier alpha value is -4.12. The molecule has 11 nitrogen and oxygen atoms in total. The first-order chi connectivity index (χ1) is 19.6. The minimum absolute atomic E-state index is 0.0697. The van der Waals surface area contributed by atoms with Crippen LogP contribution in [-0.4, -0.2) is 66.6 Å². The summed E-state index contributed by atoms with van der Waals surface area (Å²) >= 11 is 0. The van der Waals surface area contributed by atoms with E-state index in [1.54, 1.807) is 41.9 Å². The van der Waals surface area contributed by atoms with Gasteiger partial charge in [0.1, 0.15) is 29.3 Å².